The second-order valence-corrected chi connectivity index (χ2v) is 7.17. The van der Waals surface area contributed by atoms with Crippen LogP contribution in [0.1, 0.15) is 21.6 Å². The van der Waals surface area contributed by atoms with Crippen LogP contribution in [0.25, 0.3) is 22.0 Å². The van der Waals surface area contributed by atoms with Crippen LogP contribution in [-0.2, 0) is 13.0 Å². The Labute approximate surface area is 167 Å². The summed E-state index contributed by atoms with van der Waals surface area (Å²) in [5.41, 5.74) is 4.45. The van der Waals surface area contributed by atoms with E-state index < -0.39 is 5.82 Å². The maximum atomic E-state index is 14.3. The predicted octanol–water partition coefficient (Wildman–Crippen LogP) is 4.63. The van der Waals surface area contributed by atoms with Gasteiger partial charge in [0, 0.05) is 42.4 Å². The average Bonchev–Trinajstić information content (AvgIpc) is 3.08. The van der Waals surface area contributed by atoms with Crippen molar-refractivity contribution in [3.63, 3.8) is 0 Å². The van der Waals surface area contributed by atoms with Gasteiger partial charge in [0.05, 0.1) is 17.3 Å². The Morgan fingerprint density at radius 1 is 0.966 bits per heavy atom. The third kappa shape index (κ3) is 3.14. The second-order valence-electron chi connectivity index (χ2n) is 7.17. The van der Waals surface area contributed by atoms with Crippen molar-refractivity contribution in [2.75, 3.05) is 6.54 Å². The molecule has 0 fully saturated rings. The number of carbonyl (C=O) groups is 1. The standard InChI is InChI=1S/C24H18FN3O/c25-21-14-26-12-10-19(21)20-6-3-5-17-15-28(24(29)23(17)20)13-11-18-9-8-16-4-1-2-7-22(16)27-18/h1-10,12,14H,11,13,15H2. The molecule has 1 aliphatic rings. The number of rotatable bonds is 4. The molecule has 0 bridgehead atoms. The van der Waals surface area contributed by atoms with Crippen molar-refractivity contribution < 1.29 is 9.18 Å². The molecule has 0 N–H and O–H groups in total. The molecular weight excluding hydrogens is 365 g/mol. The summed E-state index contributed by atoms with van der Waals surface area (Å²) in [6, 6.07) is 19.3. The summed E-state index contributed by atoms with van der Waals surface area (Å²) in [5.74, 6) is -0.486. The number of para-hydroxylation sites is 1. The van der Waals surface area contributed by atoms with Crippen LogP contribution in [0.15, 0.2) is 73.1 Å². The molecular formula is C24H18FN3O. The van der Waals surface area contributed by atoms with Gasteiger partial charge in [-0.1, -0.05) is 42.5 Å². The topological polar surface area (TPSA) is 46.1 Å². The minimum atomic E-state index is -0.424. The molecule has 2 aromatic heterocycles. The van der Waals surface area contributed by atoms with Gasteiger partial charge in [-0.2, -0.15) is 0 Å². The van der Waals surface area contributed by atoms with E-state index in [-0.39, 0.29) is 5.91 Å². The first kappa shape index (κ1) is 17.5. The molecule has 0 spiro atoms. The summed E-state index contributed by atoms with van der Waals surface area (Å²) in [5, 5.41) is 1.10. The Hall–Kier alpha value is -3.60. The third-order valence-corrected chi connectivity index (χ3v) is 5.37. The zero-order valence-corrected chi connectivity index (χ0v) is 15.7. The number of carbonyl (C=O) groups excluding carboxylic acids is 1. The first-order valence-electron chi connectivity index (χ1n) is 9.56. The number of halogens is 1. The van der Waals surface area contributed by atoms with Crippen molar-refractivity contribution >= 4 is 16.8 Å². The molecule has 0 aliphatic carbocycles. The molecule has 5 rings (SSSR count). The molecule has 3 heterocycles. The van der Waals surface area contributed by atoms with Crippen LogP contribution in [0.3, 0.4) is 0 Å². The lowest BCUT2D eigenvalue weighted by molar-refractivity contribution is 0.0780. The Morgan fingerprint density at radius 3 is 2.76 bits per heavy atom. The van der Waals surface area contributed by atoms with Crippen LogP contribution in [0.5, 0.6) is 0 Å². The zero-order chi connectivity index (χ0) is 19.8. The normalized spacial score (nSPS) is 13.1. The number of hydrogen-bond acceptors (Lipinski definition) is 3. The Morgan fingerprint density at radius 2 is 1.86 bits per heavy atom. The molecule has 2 aromatic carbocycles. The van der Waals surface area contributed by atoms with Crippen LogP contribution >= 0.6 is 0 Å². The average molecular weight is 383 g/mol. The molecule has 0 saturated heterocycles. The monoisotopic (exact) mass is 383 g/mol. The number of pyridine rings is 2. The van der Waals surface area contributed by atoms with Crippen LogP contribution < -0.4 is 0 Å². The second kappa shape index (κ2) is 7.09. The first-order chi connectivity index (χ1) is 14.2. The van der Waals surface area contributed by atoms with Crippen molar-refractivity contribution in [1.82, 2.24) is 14.9 Å². The van der Waals surface area contributed by atoms with Gasteiger partial charge in [0.25, 0.3) is 5.91 Å². The smallest absolute Gasteiger partial charge is 0.255 e. The summed E-state index contributed by atoms with van der Waals surface area (Å²) in [6.07, 6.45) is 3.39. The Kier molecular flexibility index (Phi) is 4.28. The highest BCUT2D eigenvalue weighted by Crippen LogP contribution is 2.33. The highest BCUT2D eigenvalue weighted by molar-refractivity contribution is 6.04. The molecule has 0 radical (unpaired) electrons. The van der Waals surface area contributed by atoms with E-state index in [2.05, 4.69) is 11.1 Å². The van der Waals surface area contributed by atoms with Gasteiger partial charge < -0.3 is 4.90 Å². The largest absolute Gasteiger partial charge is 0.334 e. The van der Waals surface area contributed by atoms with Gasteiger partial charge in [0.15, 0.2) is 0 Å². The Balaban J connectivity index is 1.39. The number of hydrogen-bond donors (Lipinski definition) is 0. The third-order valence-electron chi connectivity index (χ3n) is 5.37. The van der Waals surface area contributed by atoms with Gasteiger partial charge >= 0.3 is 0 Å². The SMILES string of the molecule is O=C1c2c(cccc2-c2ccncc2F)CN1CCc1ccc2ccccc2n1. The molecule has 0 unspecified atom stereocenters. The fraction of sp³-hybridized carbons (Fsp3) is 0.125. The lowest BCUT2D eigenvalue weighted by atomic mass is 9.97. The predicted molar refractivity (Wildman–Crippen MR) is 110 cm³/mol. The summed E-state index contributed by atoms with van der Waals surface area (Å²) in [7, 11) is 0. The zero-order valence-electron chi connectivity index (χ0n) is 15.7. The molecule has 29 heavy (non-hydrogen) atoms. The molecule has 1 aliphatic heterocycles. The fourth-order valence-corrected chi connectivity index (χ4v) is 3.92. The van der Waals surface area contributed by atoms with Crippen LogP contribution in [0.2, 0.25) is 0 Å². The molecule has 0 saturated carbocycles. The lowest BCUT2D eigenvalue weighted by Crippen LogP contribution is -2.26. The van der Waals surface area contributed by atoms with Gasteiger partial charge in [-0.3, -0.25) is 14.8 Å². The van der Waals surface area contributed by atoms with E-state index in [1.165, 1.54) is 6.20 Å². The number of amides is 1. The highest BCUT2D eigenvalue weighted by atomic mass is 19.1. The molecule has 4 aromatic rings. The van der Waals surface area contributed by atoms with Crippen LogP contribution in [0, 0.1) is 5.82 Å². The lowest BCUT2D eigenvalue weighted by Gasteiger charge is -2.15. The van der Waals surface area contributed by atoms with Gasteiger partial charge in [-0.25, -0.2) is 4.39 Å². The van der Waals surface area contributed by atoms with Gasteiger partial charge in [-0.15, -0.1) is 0 Å². The molecule has 5 heteroatoms. The number of benzene rings is 2. The van der Waals surface area contributed by atoms with E-state index in [9.17, 15) is 9.18 Å². The van der Waals surface area contributed by atoms with Crippen molar-refractivity contribution in [1.29, 1.82) is 0 Å². The summed E-state index contributed by atoms with van der Waals surface area (Å²) in [6.45, 7) is 1.10. The van der Waals surface area contributed by atoms with E-state index in [0.29, 0.717) is 36.2 Å². The molecule has 4 nitrogen and oxygen atoms in total. The maximum absolute atomic E-state index is 14.3. The van der Waals surface area contributed by atoms with Gasteiger partial charge in [-0.05, 0) is 29.3 Å². The van der Waals surface area contributed by atoms with E-state index in [1.807, 2.05) is 47.4 Å². The molecule has 1 amide bonds. The minimum absolute atomic E-state index is 0.0624. The van der Waals surface area contributed by atoms with Gasteiger partial charge in [0.1, 0.15) is 5.82 Å². The number of fused-ring (bicyclic) bond motifs is 2. The van der Waals surface area contributed by atoms with Crippen molar-refractivity contribution in [3.8, 4) is 11.1 Å². The highest BCUT2D eigenvalue weighted by Gasteiger charge is 2.30. The first-order valence-corrected chi connectivity index (χ1v) is 9.56. The van der Waals surface area contributed by atoms with Crippen molar-refractivity contribution in [2.45, 2.75) is 13.0 Å². The minimum Gasteiger partial charge on any atom is -0.334 e. The number of aromatic nitrogens is 2. The quantitative estimate of drug-likeness (QED) is 0.516. The number of nitrogens with zero attached hydrogens (tertiary/aromatic N) is 3. The fourth-order valence-electron chi connectivity index (χ4n) is 3.92. The van der Waals surface area contributed by atoms with E-state index in [1.54, 1.807) is 18.3 Å². The summed E-state index contributed by atoms with van der Waals surface area (Å²) >= 11 is 0. The molecule has 0 atom stereocenters. The van der Waals surface area contributed by atoms with Gasteiger partial charge in [0.2, 0.25) is 0 Å². The van der Waals surface area contributed by atoms with E-state index in [4.69, 9.17) is 4.98 Å². The van der Waals surface area contributed by atoms with Crippen LogP contribution in [-0.4, -0.2) is 27.3 Å². The molecule has 142 valence electrons. The van der Waals surface area contributed by atoms with E-state index >= 15 is 0 Å². The van der Waals surface area contributed by atoms with Crippen LogP contribution in [0.4, 0.5) is 4.39 Å². The van der Waals surface area contributed by atoms with Crippen molar-refractivity contribution in [3.05, 3.63) is 95.7 Å². The summed E-state index contributed by atoms with van der Waals surface area (Å²) < 4.78 is 14.3. The Bertz CT molecular complexity index is 1240. The maximum Gasteiger partial charge on any atom is 0.255 e. The van der Waals surface area contributed by atoms with E-state index in [0.717, 1.165) is 22.2 Å². The summed E-state index contributed by atoms with van der Waals surface area (Å²) in [4.78, 5) is 23.4. The van der Waals surface area contributed by atoms with Crippen molar-refractivity contribution in [2.24, 2.45) is 0 Å².